The van der Waals surface area contributed by atoms with Crippen molar-refractivity contribution in [1.82, 2.24) is 0 Å². The summed E-state index contributed by atoms with van der Waals surface area (Å²) in [7, 11) is 1.69. The molecule has 88 valence electrons. The molecule has 2 fully saturated rings. The topological polar surface area (TPSA) is 9.23 Å². The number of benzene rings is 1. The fraction of sp³-hybridized carbons (Fsp3) is 0.500. The van der Waals surface area contributed by atoms with Crippen LogP contribution < -0.4 is 4.74 Å². The van der Waals surface area contributed by atoms with Crippen molar-refractivity contribution in [2.45, 2.75) is 25.7 Å². The molecule has 1 aromatic rings. The highest BCUT2D eigenvalue weighted by atomic mass is 16.5. The average molecular weight is 226 g/mol. The molecule has 1 nitrogen and oxygen atoms in total. The first kappa shape index (κ1) is 10.7. The lowest BCUT2D eigenvalue weighted by molar-refractivity contribution is 0.415. The van der Waals surface area contributed by atoms with E-state index >= 15 is 0 Å². The highest BCUT2D eigenvalue weighted by Crippen LogP contribution is 2.54. The molecule has 3 atom stereocenters. The van der Waals surface area contributed by atoms with Gasteiger partial charge in [-0.25, -0.2) is 0 Å². The van der Waals surface area contributed by atoms with Crippen molar-refractivity contribution in [3.05, 3.63) is 29.8 Å². The summed E-state index contributed by atoms with van der Waals surface area (Å²) in [6, 6.07) is 8.03. The predicted molar refractivity (Wildman–Crippen MR) is 68.8 cm³/mol. The van der Waals surface area contributed by atoms with E-state index in [1.54, 1.807) is 7.11 Å². The lowest BCUT2D eigenvalue weighted by Crippen LogP contribution is -1.91. The van der Waals surface area contributed by atoms with Crippen LogP contribution in [0.1, 0.15) is 31.2 Å². The molecule has 17 heavy (non-hydrogen) atoms. The molecule has 0 saturated heterocycles. The Labute approximate surface area is 103 Å². The molecule has 3 rings (SSSR count). The zero-order valence-corrected chi connectivity index (χ0v) is 10.3. The normalized spacial score (nSPS) is 29.8. The minimum Gasteiger partial charge on any atom is -0.497 e. The molecule has 0 N–H and O–H groups in total. The van der Waals surface area contributed by atoms with Crippen molar-refractivity contribution in [3.63, 3.8) is 0 Å². The molecule has 2 aliphatic rings. The van der Waals surface area contributed by atoms with E-state index in [2.05, 4.69) is 11.8 Å². The van der Waals surface area contributed by atoms with Crippen molar-refractivity contribution in [1.29, 1.82) is 0 Å². The van der Waals surface area contributed by atoms with Crippen LogP contribution in [0, 0.1) is 29.6 Å². The van der Waals surface area contributed by atoms with Crippen LogP contribution in [0.25, 0.3) is 0 Å². The van der Waals surface area contributed by atoms with Crippen LogP contribution in [0.5, 0.6) is 5.75 Å². The first-order chi connectivity index (χ1) is 8.38. The van der Waals surface area contributed by atoms with E-state index in [9.17, 15) is 0 Å². The number of rotatable bonds is 1. The Hall–Kier alpha value is -1.42. The van der Waals surface area contributed by atoms with Gasteiger partial charge >= 0.3 is 0 Å². The minimum absolute atomic E-state index is 0.694. The molecule has 0 radical (unpaired) electrons. The van der Waals surface area contributed by atoms with Crippen molar-refractivity contribution < 1.29 is 4.74 Å². The summed E-state index contributed by atoms with van der Waals surface area (Å²) in [4.78, 5) is 0. The molecule has 0 aromatic heterocycles. The van der Waals surface area contributed by atoms with Gasteiger partial charge in [-0.1, -0.05) is 24.7 Å². The predicted octanol–water partition coefficient (Wildman–Crippen LogP) is 3.48. The van der Waals surface area contributed by atoms with Crippen molar-refractivity contribution in [2.75, 3.05) is 7.11 Å². The van der Waals surface area contributed by atoms with E-state index in [0.717, 1.165) is 23.1 Å². The highest BCUT2D eigenvalue weighted by molar-refractivity contribution is 5.39. The van der Waals surface area contributed by atoms with Gasteiger partial charge in [0.25, 0.3) is 0 Å². The standard InChI is InChI=1S/C16H18O/c1-17-13-9-6-12(7-10-13)8-11-16-14-4-2-3-5-15(14)16/h6-7,9-10,14-16H,2-5H2,1H3/t14-,15+,16?. The molecular weight excluding hydrogens is 208 g/mol. The fourth-order valence-corrected chi connectivity index (χ4v) is 3.05. The monoisotopic (exact) mass is 226 g/mol. The largest absolute Gasteiger partial charge is 0.497 e. The quantitative estimate of drug-likeness (QED) is 0.666. The Bertz CT molecular complexity index is 437. The van der Waals surface area contributed by atoms with Crippen molar-refractivity contribution in [2.24, 2.45) is 17.8 Å². The fourth-order valence-electron chi connectivity index (χ4n) is 3.05. The maximum atomic E-state index is 5.14. The molecular formula is C16H18O. The summed E-state index contributed by atoms with van der Waals surface area (Å²) in [6.07, 6.45) is 5.66. The third-order valence-corrected chi connectivity index (χ3v) is 4.13. The summed E-state index contributed by atoms with van der Waals surface area (Å²) < 4.78 is 5.14. The van der Waals surface area contributed by atoms with Gasteiger partial charge in [0.05, 0.1) is 7.11 Å². The van der Waals surface area contributed by atoms with E-state index in [1.807, 2.05) is 24.3 Å². The Morgan fingerprint density at radius 1 is 1.06 bits per heavy atom. The van der Waals surface area contributed by atoms with Gasteiger partial charge in [-0.3, -0.25) is 0 Å². The summed E-state index contributed by atoms with van der Waals surface area (Å²) >= 11 is 0. The summed E-state index contributed by atoms with van der Waals surface area (Å²) in [6.45, 7) is 0. The molecule has 0 aliphatic heterocycles. The van der Waals surface area contributed by atoms with Gasteiger partial charge in [0.15, 0.2) is 0 Å². The van der Waals surface area contributed by atoms with Crippen LogP contribution in [-0.2, 0) is 0 Å². The zero-order valence-electron chi connectivity index (χ0n) is 10.3. The lowest BCUT2D eigenvalue weighted by Gasteiger charge is -2.04. The minimum atomic E-state index is 0.694. The third-order valence-electron chi connectivity index (χ3n) is 4.13. The SMILES string of the molecule is COc1ccc(C#CC2[C@H]3CCCC[C@@H]23)cc1. The van der Waals surface area contributed by atoms with Gasteiger partial charge in [0.1, 0.15) is 5.75 Å². The first-order valence-electron chi connectivity index (χ1n) is 6.54. The van der Waals surface area contributed by atoms with Gasteiger partial charge in [-0.05, 0) is 48.9 Å². The van der Waals surface area contributed by atoms with Crippen LogP contribution in [0.15, 0.2) is 24.3 Å². The second-order valence-electron chi connectivity index (χ2n) is 5.14. The maximum Gasteiger partial charge on any atom is 0.118 e. The maximum absolute atomic E-state index is 5.14. The van der Waals surface area contributed by atoms with Crippen molar-refractivity contribution >= 4 is 0 Å². The molecule has 0 heterocycles. The van der Waals surface area contributed by atoms with Crippen LogP contribution in [0.2, 0.25) is 0 Å². The van der Waals surface area contributed by atoms with Crippen LogP contribution in [-0.4, -0.2) is 7.11 Å². The molecule has 2 saturated carbocycles. The van der Waals surface area contributed by atoms with E-state index in [4.69, 9.17) is 4.74 Å². The molecule has 1 unspecified atom stereocenters. The number of methoxy groups -OCH3 is 1. The van der Waals surface area contributed by atoms with E-state index in [1.165, 1.54) is 25.7 Å². The Morgan fingerprint density at radius 2 is 1.71 bits per heavy atom. The first-order valence-corrected chi connectivity index (χ1v) is 6.54. The van der Waals surface area contributed by atoms with Crippen LogP contribution >= 0.6 is 0 Å². The molecule has 0 amide bonds. The van der Waals surface area contributed by atoms with E-state index in [0.29, 0.717) is 5.92 Å². The second kappa shape index (κ2) is 4.45. The lowest BCUT2D eigenvalue weighted by atomic mass is 10.0. The molecule has 1 heteroatoms. The van der Waals surface area contributed by atoms with Gasteiger partial charge in [-0.15, -0.1) is 0 Å². The summed E-state index contributed by atoms with van der Waals surface area (Å²) in [5.41, 5.74) is 1.11. The number of hydrogen-bond acceptors (Lipinski definition) is 1. The third kappa shape index (κ3) is 2.17. The van der Waals surface area contributed by atoms with E-state index < -0.39 is 0 Å². The molecule has 1 aromatic carbocycles. The number of fused-ring (bicyclic) bond motifs is 1. The smallest absolute Gasteiger partial charge is 0.118 e. The average Bonchev–Trinajstić information content (AvgIpc) is 3.10. The van der Waals surface area contributed by atoms with E-state index in [-0.39, 0.29) is 0 Å². The molecule has 0 bridgehead atoms. The number of hydrogen-bond donors (Lipinski definition) is 0. The summed E-state index contributed by atoms with van der Waals surface area (Å²) in [5.74, 6) is 10.2. The van der Waals surface area contributed by atoms with Crippen molar-refractivity contribution in [3.8, 4) is 17.6 Å². The van der Waals surface area contributed by atoms with Gasteiger partial charge < -0.3 is 4.74 Å². The molecule has 0 spiro atoms. The molecule has 2 aliphatic carbocycles. The Kier molecular flexibility index (Phi) is 2.81. The van der Waals surface area contributed by atoms with Gasteiger partial charge in [-0.2, -0.15) is 0 Å². The van der Waals surface area contributed by atoms with Gasteiger partial charge in [0.2, 0.25) is 0 Å². The zero-order chi connectivity index (χ0) is 11.7. The Morgan fingerprint density at radius 3 is 2.29 bits per heavy atom. The number of ether oxygens (including phenoxy) is 1. The Balaban J connectivity index is 1.67. The van der Waals surface area contributed by atoms with Gasteiger partial charge in [0, 0.05) is 11.5 Å². The second-order valence-corrected chi connectivity index (χ2v) is 5.14. The highest BCUT2D eigenvalue weighted by Gasteiger charge is 2.49. The van der Waals surface area contributed by atoms with Crippen LogP contribution in [0.3, 0.4) is 0 Å². The van der Waals surface area contributed by atoms with Crippen LogP contribution in [0.4, 0.5) is 0 Å². The summed E-state index contributed by atoms with van der Waals surface area (Å²) in [5, 5.41) is 0.